The van der Waals surface area contributed by atoms with Crippen LogP contribution in [0.4, 0.5) is 5.13 Å². The van der Waals surface area contributed by atoms with Gasteiger partial charge in [0.05, 0.1) is 30.9 Å². The molecule has 0 aliphatic heterocycles. The van der Waals surface area contributed by atoms with E-state index in [0.717, 1.165) is 4.88 Å². The van der Waals surface area contributed by atoms with Crippen molar-refractivity contribution in [2.24, 2.45) is 0 Å². The topological polar surface area (TPSA) is 80.7 Å². The largest absolute Gasteiger partial charge is 0.395 e. The van der Waals surface area contributed by atoms with Gasteiger partial charge in [-0.2, -0.15) is 0 Å². The van der Waals surface area contributed by atoms with Gasteiger partial charge in [-0.25, -0.2) is 4.98 Å². The lowest BCUT2D eigenvalue weighted by Gasteiger charge is -2.02. The Balaban J connectivity index is 2.33. The van der Waals surface area contributed by atoms with E-state index in [4.69, 9.17) is 14.6 Å². The van der Waals surface area contributed by atoms with E-state index < -0.39 is 0 Å². The van der Waals surface area contributed by atoms with Gasteiger partial charge in [-0.15, -0.1) is 0 Å². The van der Waals surface area contributed by atoms with Crippen LogP contribution in [-0.4, -0.2) is 49.5 Å². The van der Waals surface area contributed by atoms with Gasteiger partial charge in [0.2, 0.25) is 0 Å². The predicted molar refractivity (Wildman–Crippen MR) is 72.0 cm³/mol. The van der Waals surface area contributed by atoms with E-state index in [1.165, 1.54) is 11.3 Å². The minimum Gasteiger partial charge on any atom is -0.395 e. The fraction of sp³-hybridized carbons (Fsp3) is 0.500. The highest BCUT2D eigenvalue weighted by molar-refractivity contribution is 7.16. The number of anilines is 1. The van der Waals surface area contributed by atoms with Crippen LogP contribution in [-0.2, 0) is 14.3 Å². The summed E-state index contributed by atoms with van der Waals surface area (Å²) in [7, 11) is 1.57. The number of carbonyl (C=O) groups is 1. The van der Waals surface area contributed by atoms with Crippen LogP contribution in [0, 0.1) is 11.8 Å². The molecule has 0 radical (unpaired) electrons. The van der Waals surface area contributed by atoms with Crippen LogP contribution in [0.15, 0.2) is 6.20 Å². The summed E-state index contributed by atoms with van der Waals surface area (Å²) in [6, 6.07) is 0. The van der Waals surface area contributed by atoms with Gasteiger partial charge in [-0.05, 0) is 0 Å². The molecule has 7 heteroatoms. The van der Waals surface area contributed by atoms with Gasteiger partial charge in [-0.1, -0.05) is 23.2 Å². The maximum Gasteiger partial charge on any atom is 0.252 e. The van der Waals surface area contributed by atoms with Gasteiger partial charge < -0.3 is 14.6 Å². The fourth-order valence-corrected chi connectivity index (χ4v) is 1.76. The van der Waals surface area contributed by atoms with Gasteiger partial charge in [0.25, 0.3) is 5.91 Å². The molecular formula is C12H16N2O4S. The Hall–Kier alpha value is -1.46. The number of carbonyl (C=O) groups excluding carboxylic acids is 1. The molecule has 2 N–H and O–H groups in total. The first kappa shape index (κ1) is 15.6. The molecule has 1 amide bonds. The highest BCUT2D eigenvalue weighted by Crippen LogP contribution is 2.16. The van der Waals surface area contributed by atoms with Crippen LogP contribution < -0.4 is 5.32 Å². The van der Waals surface area contributed by atoms with Crippen LogP contribution in [0.5, 0.6) is 0 Å². The number of nitrogens with zero attached hydrogens (tertiary/aromatic N) is 1. The van der Waals surface area contributed by atoms with Crippen molar-refractivity contribution in [1.29, 1.82) is 0 Å². The minimum absolute atomic E-state index is 0.0333. The molecule has 1 aromatic rings. The smallest absolute Gasteiger partial charge is 0.252 e. The molecule has 0 saturated carbocycles. The summed E-state index contributed by atoms with van der Waals surface area (Å²) in [6.07, 6.45) is 2.00. The Bertz CT molecular complexity index is 450. The Labute approximate surface area is 115 Å². The number of amides is 1. The molecule has 0 fully saturated rings. The molecule has 1 heterocycles. The molecule has 6 nitrogen and oxygen atoms in total. The first-order valence-electron chi connectivity index (χ1n) is 5.68. The summed E-state index contributed by atoms with van der Waals surface area (Å²) < 4.78 is 9.87. The van der Waals surface area contributed by atoms with Crippen molar-refractivity contribution in [3.05, 3.63) is 11.1 Å². The third-order valence-corrected chi connectivity index (χ3v) is 2.69. The van der Waals surface area contributed by atoms with Crippen molar-refractivity contribution in [3.8, 4) is 11.8 Å². The minimum atomic E-state index is -0.264. The molecule has 0 spiro atoms. The predicted octanol–water partition coefficient (Wildman–Crippen LogP) is 0.478. The molecule has 0 aliphatic rings. The standard InChI is InChI=1S/C12H16N2O4S/c1-17-6-7-18-9-11(16)14-12-13-8-10(19-12)4-2-3-5-15/h8,15H,3,5-7,9H2,1H3,(H,13,14,16). The molecule has 0 atom stereocenters. The molecule has 1 aromatic heterocycles. The number of aliphatic hydroxyl groups is 1. The van der Waals surface area contributed by atoms with Crippen molar-refractivity contribution in [3.63, 3.8) is 0 Å². The van der Waals surface area contributed by atoms with Crippen LogP contribution in [0.1, 0.15) is 11.3 Å². The van der Waals surface area contributed by atoms with Crippen LogP contribution in [0.3, 0.4) is 0 Å². The zero-order chi connectivity index (χ0) is 13.9. The first-order chi connectivity index (χ1) is 9.26. The lowest BCUT2D eigenvalue weighted by molar-refractivity contribution is -0.121. The first-order valence-corrected chi connectivity index (χ1v) is 6.50. The second-order valence-corrected chi connectivity index (χ2v) is 4.43. The molecular weight excluding hydrogens is 268 g/mol. The molecule has 0 aromatic carbocycles. The maximum atomic E-state index is 11.5. The van der Waals surface area contributed by atoms with Crippen LogP contribution in [0.25, 0.3) is 0 Å². The maximum absolute atomic E-state index is 11.5. The van der Waals surface area contributed by atoms with Crippen LogP contribution >= 0.6 is 11.3 Å². The van der Waals surface area contributed by atoms with E-state index >= 15 is 0 Å². The molecule has 19 heavy (non-hydrogen) atoms. The number of thiazole rings is 1. The van der Waals surface area contributed by atoms with E-state index in [0.29, 0.717) is 24.8 Å². The number of nitrogens with one attached hydrogen (secondary N) is 1. The monoisotopic (exact) mass is 284 g/mol. The van der Waals surface area contributed by atoms with Crippen LogP contribution in [0.2, 0.25) is 0 Å². The number of ether oxygens (including phenoxy) is 2. The summed E-state index contributed by atoms with van der Waals surface area (Å²) in [5, 5.41) is 11.7. The molecule has 0 aliphatic carbocycles. The van der Waals surface area contributed by atoms with Crippen molar-refractivity contribution < 1.29 is 19.4 Å². The molecule has 0 saturated heterocycles. The molecule has 104 valence electrons. The van der Waals surface area contributed by atoms with Gasteiger partial charge in [0.1, 0.15) is 6.61 Å². The number of aliphatic hydroxyl groups excluding tert-OH is 1. The SMILES string of the molecule is COCCOCC(=O)Nc1ncc(C#CCCO)s1. The van der Waals surface area contributed by atoms with Crippen molar-refractivity contribution in [1.82, 2.24) is 4.98 Å². The number of hydrogen-bond acceptors (Lipinski definition) is 6. The quantitative estimate of drug-likeness (QED) is 0.562. The van der Waals surface area contributed by atoms with Gasteiger partial charge in [0.15, 0.2) is 5.13 Å². The number of aromatic nitrogens is 1. The van der Waals surface area contributed by atoms with Gasteiger partial charge in [-0.3, -0.25) is 10.1 Å². The lowest BCUT2D eigenvalue weighted by Crippen LogP contribution is -2.19. The zero-order valence-electron chi connectivity index (χ0n) is 10.6. The Morgan fingerprint density at radius 2 is 2.42 bits per heavy atom. The summed E-state index contributed by atoms with van der Waals surface area (Å²) in [6.45, 7) is 0.831. The summed E-state index contributed by atoms with van der Waals surface area (Å²) in [5.41, 5.74) is 0. The highest BCUT2D eigenvalue weighted by Gasteiger charge is 2.05. The molecule has 0 unspecified atom stereocenters. The van der Waals surface area contributed by atoms with E-state index in [-0.39, 0.29) is 19.1 Å². The van der Waals surface area contributed by atoms with Crippen molar-refractivity contribution in [2.45, 2.75) is 6.42 Å². The highest BCUT2D eigenvalue weighted by atomic mass is 32.1. The lowest BCUT2D eigenvalue weighted by atomic mass is 10.4. The Kier molecular flexibility index (Phi) is 7.77. The second kappa shape index (κ2) is 9.47. The van der Waals surface area contributed by atoms with E-state index in [1.807, 2.05) is 0 Å². The van der Waals surface area contributed by atoms with Crippen molar-refractivity contribution in [2.75, 3.05) is 38.9 Å². The Morgan fingerprint density at radius 3 is 3.16 bits per heavy atom. The second-order valence-electron chi connectivity index (χ2n) is 3.40. The number of rotatable bonds is 7. The fourth-order valence-electron chi connectivity index (χ4n) is 1.06. The molecule has 1 rings (SSSR count). The zero-order valence-corrected chi connectivity index (χ0v) is 11.5. The molecule has 0 bridgehead atoms. The van der Waals surface area contributed by atoms with E-state index in [2.05, 4.69) is 22.1 Å². The van der Waals surface area contributed by atoms with E-state index in [1.54, 1.807) is 13.3 Å². The summed E-state index contributed by atoms with van der Waals surface area (Å²) in [5.74, 6) is 5.37. The number of methoxy groups -OCH3 is 1. The average molecular weight is 284 g/mol. The number of hydrogen-bond donors (Lipinski definition) is 2. The summed E-state index contributed by atoms with van der Waals surface area (Å²) >= 11 is 1.28. The van der Waals surface area contributed by atoms with E-state index in [9.17, 15) is 4.79 Å². The average Bonchev–Trinajstić information content (AvgIpc) is 2.83. The third kappa shape index (κ3) is 6.88. The third-order valence-electron chi connectivity index (χ3n) is 1.87. The summed E-state index contributed by atoms with van der Waals surface area (Å²) in [4.78, 5) is 16.2. The van der Waals surface area contributed by atoms with Crippen molar-refractivity contribution >= 4 is 22.4 Å². The Morgan fingerprint density at radius 1 is 1.58 bits per heavy atom. The van der Waals surface area contributed by atoms with Gasteiger partial charge in [0, 0.05) is 13.5 Å². The normalized spacial score (nSPS) is 9.79. The van der Waals surface area contributed by atoms with Gasteiger partial charge >= 0.3 is 0 Å².